The lowest BCUT2D eigenvalue weighted by atomic mass is 10.1. The first kappa shape index (κ1) is 28.5. The molecule has 1 saturated heterocycles. The highest BCUT2D eigenvalue weighted by Crippen LogP contribution is 2.42. The Balaban J connectivity index is 0.000000235. The van der Waals surface area contributed by atoms with Crippen molar-refractivity contribution in [2.45, 2.75) is 56.6 Å². The summed E-state index contributed by atoms with van der Waals surface area (Å²) in [6.45, 7) is 2.81. The smallest absolute Gasteiger partial charge is 0.229 e. The van der Waals surface area contributed by atoms with Gasteiger partial charge in [-0.2, -0.15) is 0 Å². The fourth-order valence-corrected chi connectivity index (χ4v) is 5.15. The highest BCUT2D eigenvalue weighted by molar-refractivity contribution is 6.30. The number of benzene rings is 1. The average molecular weight is 576 g/mol. The van der Waals surface area contributed by atoms with Crippen LogP contribution in [0.2, 0.25) is 5.02 Å². The van der Waals surface area contributed by atoms with E-state index >= 15 is 0 Å². The zero-order chi connectivity index (χ0) is 28.9. The van der Waals surface area contributed by atoms with Gasteiger partial charge < -0.3 is 29.8 Å². The summed E-state index contributed by atoms with van der Waals surface area (Å²) in [5.41, 5.74) is 4.98. The van der Waals surface area contributed by atoms with Gasteiger partial charge in [0.2, 0.25) is 5.91 Å². The number of hydrogen-bond acceptors (Lipinski definition) is 8. The summed E-state index contributed by atoms with van der Waals surface area (Å²) in [6, 6.07) is 12.1. The molecule has 1 amide bonds. The molecule has 3 N–H and O–H groups in total. The van der Waals surface area contributed by atoms with Gasteiger partial charge in [-0.1, -0.05) is 23.7 Å². The average Bonchev–Trinajstić information content (AvgIpc) is 3.92. The van der Waals surface area contributed by atoms with E-state index in [0.717, 1.165) is 33.8 Å². The molecule has 1 aromatic carbocycles. The largest absolute Gasteiger partial charge is 0.391 e. The Labute approximate surface area is 243 Å². The van der Waals surface area contributed by atoms with Crippen LogP contribution in [0.1, 0.15) is 60.8 Å². The molecule has 214 valence electrons. The van der Waals surface area contributed by atoms with Crippen molar-refractivity contribution in [1.82, 2.24) is 19.4 Å². The van der Waals surface area contributed by atoms with Crippen LogP contribution in [0.4, 0.5) is 17.3 Å². The molecule has 41 heavy (non-hydrogen) atoms. The number of β-amino-alcohol motifs (C(OH)–C–C–N with tert-alkyl or cyclic N) is 1. The van der Waals surface area contributed by atoms with Crippen LogP contribution in [0.3, 0.4) is 0 Å². The van der Waals surface area contributed by atoms with Crippen molar-refractivity contribution in [1.29, 1.82) is 0 Å². The van der Waals surface area contributed by atoms with E-state index in [9.17, 15) is 9.90 Å². The molecular formula is C30H34ClN7O3. The number of imidazole rings is 1. The maximum Gasteiger partial charge on any atom is 0.229 e. The number of nitrogens with zero attached hydrogens (tertiary/aromatic N) is 5. The number of rotatable bonds is 7. The summed E-state index contributed by atoms with van der Waals surface area (Å²) in [5.74, 6) is 2.75. The van der Waals surface area contributed by atoms with Crippen LogP contribution in [0, 0.1) is 0 Å². The topological polar surface area (TPSA) is 125 Å². The number of carbonyl (C=O) groups is 2. The van der Waals surface area contributed by atoms with Crippen molar-refractivity contribution in [2.75, 3.05) is 29.1 Å². The number of aliphatic hydroxyl groups is 1. The van der Waals surface area contributed by atoms with Crippen molar-refractivity contribution >= 4 is 47.3 Å². The van der Waals surface area contributed by atoms with Crippen LogP contribution in [0.25, 0.3) is 5.65 Å². The van der Waals surface area contributed by atoms with E-state index in [1.54, 1.807) is 4.90 Å². The molecule has 4 aromatic rings. The minimum atomic E-state index is -0.623. The molecule has 1 aliphatic heterocycles. The SMILES string of the molecule is C=O.CNc1cc(NCc2cn3cc(C4CC4)cc(N4CC(O)CC4=O)c3n2)ncn1.Clc1cccc(C2CC2)c1. The molecule has 2 aliphatic carbocycles. The van der Waals surface area contributed by atoms with E-state index in [-0.39, 0.29) is 12.3 Å². The number of carbonyl (C=O) groups excluding carboxylic acids is 2. The number of anilines is 3. The molecule has 7 rings (SSSR count). The van der Waals surface area contributed by atoms with Crippen LogP contribution in [0.5, 0.6) is 0 Å². The number of pyridine rings is 1. The van der Waals surface area contributed by atoms with Crippen LogP contribution in [-0.2, 0) is 16.1 Å². The molecular weight excluding hydrogens is 542 g/mol. The molecule has 0 spiro atoms. The predicted molar refractivity (Wildman–Crippen MR) is 160 cm³/mol. The number of halogens is 1. The molecule has 0 bridgehead atoms. The molecule has 0 radical (unpaired) electrons. The van der Waals surface area contributed by atoms with Gasteiger partial charge in [0.1, 0.15) is 24.8 Å². The van der Waals surface area contributed by atoms with E-state index in [0.29, 0.717) is 24.8 Å². The van der Waals surface area contributed by atoms with Gasteiger partial charge in [0.15, 0.2) is 5.65 Å². The summed E-state index contributed by atoms with van der Waals surface area (Å²) < 4.78 is 2.00. The predicted octanol–water partition coefficient (Wildman–Crippen LogP) is 4.79. The first-order valence-electron chi connectivity index (χ1n) is 13.7. The first-order chi connectivity index (χ1) is 20.0. The highest BCUT2D eigenvalue weighted by atomic mass is 35.5. The molecule has 3 fully saturated rings. The number of hydrogen-bond donors (Lipinski definition) is 3. The monoisotopic (exact) mass is 575 g/mol. The van der Waals surface area contributed by atoms with Crippen molar-refractivity contribution in [2.24, 2.45) is 0 Å². The third kappa shape index (κ3) is 7.01. The van der Waals surface area contributed by atoms with Gasteiger partial charge in [0.25, 0.3) is 0 Å². The number of aromatic nitrogens is 4. The van der Waals surface area contributed by atoms with E-state index in [1.165, 1.54) is 43.1 Å². The molecule has 11 heteroatoms. The number of amides is 1. The van der Waals surface area contributed by atoms with Gasteiger partial charge in [-0.25, -0.2) is 15.0 Å². The Morgan fingerprint density at radius 3 is 2.41 bits per heavy atom. The van der Waals surface area contributed by atoms with Crippen molar-refractivity contribution in [3.05, 3.63) is 77.0 Å². The molecule has 1 atom stereocenters. The van der Waals surface area contributed by atoms with Crippen LogP contribution < -0.4 is 15.5 Å². The van der Waals surface area contributed by atoms with Gasteiger partial charge in [-0.3, -0.25) is 4.79 Å². The second-order valence-corrected chi connectivity index (χ2v) is 10.9. The third-order valence-electron chi connectivity index (χ3n) is 7.32. The zero-order valence-corrected chi connectivity index (χ0v) is 23.7. The first-order valence-corrected chi connectivity index (χ1v) is 14.1. The Morgan fingerprint density at radius 2 is 1.76 bits per heavy atom. The fraction of sp³-hybridized carbons (Fsp3) is 0.367. The normalized spacial score (nSPS) is 17.9. The van der Waals surface area contributed by atoms with Gasteiger partial charge in [0.05, 0.1) is 37.0 Å². The summed E-state index contributed by atoms with van der Waals surface area (Å²) in [5, 5.41) is 17.1. The summed E-state index contributed by atoms with van der Waals surface area (Å²) in [7, 11) is 1.81. The van der Waals surface area contributed by atoms with E-state index in [4.69, 9.17) is 21.4 Å². The standard InChI is InChI=1S/C20H23N7O2.C9H9Cl.CH2O/c1-21-17-6-18(24-11-23-17)22-7-14-9-26-8-13(12-2-3-12)4-16(20(26)25-14)27-10-15(28)5-19(27)29;10-9-3-1-2-8(6-9)7-4-5-7;1-2/h4,6,8-9,11-12,15,28H,2-3,5,7,10H2,1H3,(H2,21,22,23,24);1-3,6-7H,4-5H2;1H2. The Morgan fingerprint density at radius 1 is 1.02 bits per heavy atom. The van der Waals surface area contributed by atoms with E-state index < -0.39 is 6.10 Å². The van der Waals surface area contributed by atoms with Gasteiger partial charge >= 0.3 is 0 Å². The number of nitrogens with one attached hydrogen (secondary N) is 2. The third-order valence-corrected chi connectivity index (χ3v) is 7.55. The van der Waals surface area contributed by atoms with Crippen LogP contribution >= 0.6 is 11.6 Å². The maximum atomic E-state index is 12.4. The lowest BCUT2D eigenvalue weighted by Gasteiger charge is -2.18. The maximum absolute atomic E-state index is 12.4. The lowest BCUT2D eigenvalue weighted by molar-refractivity contribution is -0.117. The van der Waals surface area contributed by atoms with Gasteiger partial charge in [-0.05, 0) is 66.8 Å². The molecule has 2 saturated carbocycles. The molecule has 3 aromatic heterocycles. The van der Waals surface area contributed by atoms with Crippen LogP contribution in [-0.4, -0.2) is 56.9 Å². The highest BCUT2D eigenvalue weighted by Gasteiger charge is 2.33. The van der Waals surface area contributed by atoms with Crippen LogP contribution in [0.15, 0.2) is 55.1 Å². The van der Waals surface area contributed by atoms with Gasteiger partial charge in [-0.15, -0.1) is 0 Å². The lowest BCUT2D eigenvalue weighted by Crippen LogP contribution is -2.26. The summed E-state index contributed by atoms with van der Waals surface area (Å²) in [6.07, 6.45) is 10.2. The summed E-state index contributed by atoms with van der Waals surface area (Å²) >= 11 is 5.82. The number of aliphatic hydroxyl groups excluding tert-OH is 1. The second kappa shape index (κ2) is 12.7. The van der Waals surface area contributed by atoms with Gasteiger partial charge in [0, 0.05) is 30.5 Å². The van der Waals surface area contributed by atoms with E-state index in [2.05, 4.69) is 45.0 Å². The summed E-state index contributed by atoms with van der Waals surface area (Å²) in [4.78, 5) is 35.2. The fourth-order valence-electron chi connectivity index (χ4n) is 4.95. The molecule has 10 nitrogen and oxygen atoms in total. The molecule has 1 unspecified atom stereocenters. The van der Waals surface area contributed by atoms with Crippen molar-refractivity contribution in [3.8, 4) is 0 Å². The quantitative estimate of drug-likeness (QED) is 0.287. The van der Waals surface area contributed by atoms with Crippen molar-refractivity contribution < 1.29 is 14.7 Å². The van der Waals surface area contributed by atoms with Crippen molar-refractivity contribution in [3.63, 3.8) is 0 Å². The second-order valence-electron chi connectivity index (χ2n) is 10.5. The Bertz CT molecular complexity index is 1520. The molecule has 4 heterocycles. The minimum Gasteiger partial charge on any atom is -0.391 e. The minimum absolute atomic E-state index is 0.0596. The molecule has 3 aliphatic rings. The number of fused-ring (bicyclic) bond motifs is 1. The Kier molecular flexibility index (Phi) is 8.80. The van der Waals surface area contributed by atoms with E-state index in [1.807, 2.05) is 42.6 Å². The Hall–Kier alpha value is -4.02. The zero-order valence-electron chi connectivity index (χ0n) is 23.0.